The first-order chi connectivity index (χ1) is 5.86. The summed E-state index contributed by atoms with van der Waals surface area (Å²) in [6.45, 7) is 2.04. The SMILES string of the molecule is Cc1ccnc(C2=CNNN2)c1.[HH]. The quantitative estimate of drug-likeness (QED) is 0.567. The second kappa shape index (κ2) is 2.83. The molecule has 3 N–H and O–H groups in total. The van der Waals surface area contributed by atoms with Crippen molar-refractivity contribution in [1.29, 1.82) is 0 Å². The van der Waals surface area contributed by atoms with Crippen molar-refractivity contribution in [1.82, 2.24) is 21.4 Å². The second-order valence-electron chi connectivity index (χ2n) is 2.67. The van der Waals surface area contributed by atoms with E-state index in [-0.39, 0.29) is 1.43 Å². The molecule has 2 heterocycles. The topological polar surface area (TPSA) is 49.0 Å². The van der Waals surface area contributed by atoms with E-state index in [9.17, 15) is 0 Å². The lowest BCUT2D eigenvalue weighted by molar-refractivity contribution is 0.620. The highest BCUT2D eigenvalue weighted by Crippen LogP contribution is 2.09. The molecule has 0 radical (unpaired) electrons. The van der Waals surface area contributed by atoms with Crippen molar-refractivity contribution in [3.63, 3.8) is 0 Å². The Morgan fingerprint density at radius 3 is 3.08 bits per heavy atom. The van der Waals surface area contributed by atoms with Gasteiger partial charge in [0.1, 0.15) is 0 Å². The van der Waals surface area contributed by atoms with Crippen LogP contribution in [0.1, 0.15) is 12.7 Å². The van der Waals surface area contributed by atoms with Gasteiger partial charge < -0.3 is 10.9 Å². The molecule has 1 aliphatic heterocycles. The number of hydrogen-bond acceptors (Lipinski definition) is 4. The van der Waals surface area contributed by atoms with Gasteiger partial charge in [-0.25, -0.2) is 0 Å². The number of pyridine rings is 1. The molecule has 0 saturated heterocycles. The fourth-order valence-electron chi connectivity index (χ4n) is 1.07. The third-order valence-corrected chi connectivity index (χ3v) is 1.68. The molecule has 1 aromatic heterocycles. The summed E-state index contributed by atoms with van der Waals surface area (Å²) in [4.78, 5) is 4.21. The zero-order valence-corrected chi connectivity index (χ0v) is 6.76. The van der Waals surface area contributed by atoms with E-state index in [1.165, 1.54) is 5.56 Å². The number of rotatable bonds is 1. The van der Waals surface area contributed by atoms with Gasteiger partial charge >= 0.3 is 0 Å². The number of hydrazine groups is 2. The fraction of sp³-hybridized carbons (Fsp3) is 0.125. The smallest absolute Gasteiger partial charge is 0.0934 e. The van der Waals surface area contributed by atoms with Crippen LogP contribution in [-0.2, 0) is 0 Å². The third kappa shape index (κ3) is 1.24. The van der Waals surface area contributed by atoms with E-state index in [0.29, 0.717) is 0 Å². The third-order valence-electron chi connectivity index (χ3n) is 1.68. The van der Waals surface area contributed by atoms with Gasteiger partial charge in [-0.05, 0) is 24.6 Å². The Morgan fingerprint density at radius 2 is 2.42 bits per heavy atom. The Morgan fingerprint density at radius 1 is 1.50 bits per heavy atom. The van der Waals surface area contributed by atoms with Gasteiger partial charge in [0.25, 0.3) is 0 Å². The molecule has 0 aliphatic carbocycles. The van der Waals surface area contributed by atoms with Crippen molar-refractivity contribution in [2.24, 2.45) is 0 Å². The lowest BCUT2D eigenvalue weighted by Crippen LogP contribution is -2.31. The summed E-state index contributed by atoms with van der Waals surface area (Å²) in [5.74, 6) is 0. The lowest BCUT2D eigenvalue weighted by Gasteiger charge is -2.01. The standard InChI is InChI=1S/C8H10N4.H2/c1-6-2-3-9-7(4-6)8-5-10-12-11-8;/h2-5,10-12H,1H3;1H. The van der Waals surface area contributed by atoms with E-state index in [1.54, 1.807) is 6.20 Å². The Bertz CT molecular complexity index is 324. The van der Waals surface area contributed by atoms with Crippen LogP contribution in [0.5, 0.6) is 0 Å². The number of nitrogens with zero attached hydrogens (tertiary/aromatic N) is 1. The van der Waals surface area contributed by atoms with Crippen LogP contribution in [-0.4, -0.2) is 4.98 Å². The molecular weight excluding hydrogens is 152 g/mol. The van der Waals surface area contributed by atoms with Gasteiger partial charge in [-0.2, -0.15) is 5.53 Å². The Labute approximate surface area is 72.1 Å². The van der Waals surface area contributed by atoms with E-state index in [1.807, 2.05) is 25.3 Å². The zero-order valence-electron chi connectivity index (χ0n) is 6.76. The Hall–Kier alpha value is -1.55. The normalized spacial score (nSPS) is 14.9. The molecule has 0 spiro atoms. The maximum Gasteiger partial charge on any atom is 0.0934 e. The first-order valence-corrected chi connectivity index (χ1v) is 3.76. The van der Waals surface area contributed by atoms with Crippen molar-refractivity contribution in [3.8, 4) is 0 Å². The maximum atomic E-state index is 4.21. The molecule has 1 aromatic rings. The highest BCUT2D eigenvalue weighted by atomic mass is 15.6. The Kier molecular flexibility index (Phi) is 1.68. The van der Waals surface area contributed by atoms with Crippen LogP contribution >= 0.6 is 0 Å². The van der Waals surface area contributed by atoms with Crippen molar-refractivity contribution >= 4 is 5.70 Å². The van der Waals surface area contributed by atoms with Gasteiger partial charge in [0, 0.05) is 13.8 Å². The average molecular weight is 164 g/mol. The second-order valence-corrected chi connectivity index (χ2v) is 2.67. The summed E-state index contributed by atoms with van der Waals surface area (Å²) in [5, 5.41) is 0. The minimum atomic E-state index is 0. The highest BCUT2D eigenvalue weighted by molar-refractivity contribution is 5.61. The first kappa shape index (κ1) is 7.12. The fourth-order valence-corrected chi connectivity index (χ4v) is 1.07. The average Bonchev–Trinajstić information content (AvgIpc) is 2.56. The van der Waals surface area contributed by atoms with Crippen LogP contribution in [0.2, 0.25) is 0 Å². The maximum absolute atomic E-state index is 4.21. The molecule has 0 aromatic carbocycles. The predicted molar refractivity (Wildman–Crippen MR) is 48.5 cm³/mol. The molecule has 0 saturated carbocycles. The van der Waals surface area contributed by atoms with Crippen LogP contribution in [0, 0.1) is 6.92 Å². The van der Waals surface area contributed by atoms with Crippen LogP contribution in [0.3, 0.4) is 0 Å². The molecule has 0 bridgehead atoms. The van der Waals surface area contributed by atoms with E-state index >= 15 is 0 Å². The van der Waals surface area contributed by atoms with E-state index in [2.05, 4.69) is 21.4 Å². The van der Waals surface area contributed by atoms with Crippen LogP contribution < -0.4 is 16.4 Å². The Balaban J connectivity index is 0.000000845. The molecule has 4 heteroatoms. The van der Waals surface area contributed by atoms with Gasteiger partial charge in [-0.1, -0.05) is 0 Å². The number of aromatic nitrogens is 1. The van der Waals surface area contributed by atoms with E-state index in [0.717, 1.165) is 11.4 Å². The molecular formula is C8H12N4. The minimum Gasteiger partial charge on any atom is -0.309 e. The lowest BCUT2D eigenvalue weighted by atomic mass is 10.2. The number of aryl methyl sites for hydroxylation is 1. The molecule has 1 aliphatic rings. The van der Waals surface area contributed by atoms with Crippen molar-refractivity contribution < 1.29 is 1.43 Å². The summed E-state index contributed by atoms with van der Waals surface area (Å²) in [5.41, 5.74) is 11.6. The van der Waals surface area contributed by atoms with Crippen molar-refractivity contribution in [2.75, 3.05) is 0 Å². The molecule has 2 rings (SSSR count). The molecule has 64 valence electrons. The monoisotopic (exact) mass is 164 g/mol. The molecule has 0 fully saturated rings. The van der Waals surface area contributed by atoms with Gasteiger partial charge in [0.05, 0.1) is 11.4 Å². The molecule has 12 heavy (non-hydrogen) atoms. The van der Waals surface area contributed by atoms with E-state index in [4.69, 9.17) is 0 Å². The summed E-state index contributed by atoms with van der Waals surface area (Å²) in [6, 6.07) is 3.99. The minimum absolute atomic E-state index is 0. The molecule has 0 unspecified atom stereocenters. The number of hydrogen-bond donors (Lipinski definition) is 3. The summed E-state index contributed by atoms with van der Waals surface area (Å²) in [6.07, 6.45) is 3.63. The van der Waals surface area contributed by atoms with Crippen molar-refractivity contribution in [2.45, 2.75) is 6.92 Å². The van der Waals surface area contributed by atoms with Gasteiger partial charge in [-0.3, -0.25) is 4.98 Å². The van der Waals surface area contributed by atoms with Gasteiger partial charge in [-0.15, -0.1) is 0 Å². The number of nitrogens with one attached hydrogen (secondary N) is 3. The predicted octanol–water partition coefficient (Wildman–Crippen LogP) is 0.547. The van der Waals surface area contributed by atoms with Crippen LogP contribution in [0.25, 0.3) is 5.70 Å². The zero-order chi connectivity index (χ0) is 8.39. The molecule has 4 nitrogen and oxygen atoms in total. The molecule has 0 amide bonds. The van der Waals surface area contributed by atoms with Gasteiger partial charge in [0.2, 0.25) is 0 Å². The first-order valence-electron chi connectivity index (χ1n) is 3.76. The van der Waals surface area contributed by atoms with Gasteiger partial charge in [0.15, 0.2) is 0 Å². The highest BCUT2D eigenvalue weighted by Gasteiger charge is 2.05. The summed E-state index contributed by atoms with van der Waals surface area (Å²) in [7, 11) is 0. The summed E-state index contributed by atoms with van der Waals surface area (Å²) >= 11 is 0. The largest absolute Gasteiger partial charge is 0.309 e. The van der Waals surface area contributed by atoms with Crippen molar-refractivity contribution in [3.05, 3.63) is 35.8 Å². The summed E-state index contributed by atoms with van der Waals surface area (Å²) < 4.78 is 0. The van der Waals surface area contributed by atoms with Crippen LogP contribution in [0.4, 0.5) is 0 Å². The van der Waals surface area contributed by atoms with Crippen LogP contribution in [0.15, 0.2) is 24.5 Å². The van der Waals surface area contributed by atoms with E-state index < -0.39 is 0 Å². The molecule has 0 atom stereocenters.